The molecule has 0 unspecified atom stereocenters. The fourth-order valence-corrected chi connectivity index (χ4v) is 5.46. The number of H-pyrrole nitrogens is 1. The number of hydrogen-bond acceptors (Lipinski definition) is 7. The fourth-order valence-electron chi connectivity index (χ4n) is 5.46. The smallest absolute Gasteiger partial charge is 0.262 e. The maximum atomic E-state index is 12.7. The number of aliphatic hydroxyl groups is 1. The van der Waals surface area contributed by atoms with E-state index in [9.17, 15) is 9.90 Å². The van der Waals surface area contributed by atoms with Gasteiger partial charge in [-0.15, -0.1) is 0 Å². The van der Waals surface area contributed by atoms with Gasteiger partial charge in [0, 0.05) is 24.8 Å². The summed E-state index contributed by atoms with van der Waals surface area (Å²) in [4.78, 5) is 29.3. The molecule has 3 N–H and O–H groups in total. The van der Waals surface area contributed by atoms with Gasteiger partial charge in [-0.2, -0.15) is 0 Å². The number of rotatable bonds is 5. The lowest BCUT2D eigenvalue weighted by Gasteiger charge is -2.38. The van der Waals surface area contributed by atoms with Crippen LogP contribution in [-0.2, 0) is 0 Å². The van der Waals surface area contributed by atoms with Crippen molar-refractivity contribution < 1.29 is 5.11 Å². The van der Waals surface area contributed by atoms with Crippen LogP contribution in [0.15, 0.2) is 41.5 Å². The zero-order chi connectivity index (χ0) is 24.6. The van der Waals surface area contributed by atoms with Gasteiger partial charge in [-0.25, -0.2) is 9.97 Å². The van der Waals surface area contributed by atoms with E-state index in [1.807, 2.05) is 19.9 Å². The molecule has 0 radical (unpaired) electrons. The van der Waals surface area contributed by atoms with Crippen molar-refractivity contribution in [3.63, 3.8) is 0 Å². The number of pyridine rings is 1. The van der Waals surface area contributed by atoms with Crippen molar-refractivity contribution in [2.75, 3.05) is 43.4 Å². The molecule has 0 bridgehead atoms. The summed E-state index contributed by atoms with van der Waals surface area (Å²) >= 11 is 0. The lowest BCUT2D eigenvalue weighted by atomic mass is 9.83. The second kappa shape index (κ2) is 9.59. The predicted molar refractivity (Wildman–Crippen MR) is 141 cm³/mol. The minimum absolute atomic E-state index is 0.208. The molecule has 2 aromatic heterocycles. The molecule has 0 saturated carbocycles. The third kappa shape index (κ3) is 5.18. The first kappa shape index (κ1) is 23.8. The Kier molecular flexibility index (Phi) is 6.51. The molecule has 0 spiro atoms. The first-order valence-corrected chi connectivity index (χ1v) is 12.7. The van der Waals surface area contributed by atoms with E-state index in [1.54, 1.807) is 0 Å². The van der Waals surface area contributed by atoms with Crippen molar-refractivity contribution in [2.24, 2.45) is 5.92 Å². The van der Waals surface area contributed by atoms with E-state index in [0.29, 0.717) is 22.6 Å². The third-order valence-electron chi connectivity index (χ3n) is 7.79. The van der Waals surface area contributed by atoms with Gasteiger partial charge in [0.1, 0.15) is 17.0 Å². The second-order valence-corrected chi connectivity index (χ2v) is 10.7. The maximum absolute atomic E-state index is 12.7. The molecule has 0 aliphatic carbocycles. The van der Waals surface area contributed by atoms with E-state index in [1.165, 1.54) is 24.7 Å². The highest BCUT2D eigenvalue weighted by Gasteiger charge is 2.31. The van der Waals surface area contributed by atoms with Crippen LogP contribution in [-0.4, -0.2) is 63.8 Å². The summed E-state index contributed by atoms with van der Waals surface area (Å²) in [6.07, 6.45) is 5.60. The molecule has 35 heavy (non-hydrogen) atoms. The third-order valence-corrected chi connectivity index (χ3v) is 7.79. The van der Waals surface area contributed by atoms with Crippen molar-refractivity contribution in [1.29, 1.82) is 0 Å². The number of anilines is 3. The summed E-state index contributed by atoms with van der Waals surface area (Å²) in [5.41, 5.74) is 2.00. The largest absolute Gasteiger partial charge is 0.390 e. The van der Waals surface area contributed by atoms with E-state index < -0.39 is 5.60 Å². The highest BCUT2D eigenvalue weighted by molar-refractivity contribution is 5.92. The van der Waals surface area contributed by atoms with E-state index in [-0.39, 0.29) is 11.5 Å². The van der Waals surface area contributed by atoms with Gasteiger partial charge in [0.05, 0.1) is 17.4 Å². The summed E-state index contributed by atoms with van der Waals surface area (Å²) in [5.74, 6) is 2.18. The molecular weight excluding hydrogens is 440 g/mol. The van der Waals surface area contributed by atoms with Crippen LogP contribution in [0, 0.1) is 5.92 Å². The number of piperidine rings is 2. The molecule has 2 fully saturated rings. The number of likely N-dealkylation sites (tertiary alicyclic amines) is 1. The maximum Gasteiger partial charge on any atom is 0.262 e. The van der Waals surface area contributed by atoms with Crippen LogP contribution in [0.25, 0.3) is 10.9 Å². The van der Waals surface area contributed by atoms with Gasteiger partial charge in [0.2, 0.25) is 0 Å². The summed E-state index contributed by atoms with van der Waals surface area (Å²) in [6, 6.07) is 10.4. The Hall–Kier alpha value is -2.97. The number of nitrogens with one attached hydrogen (secondary N) is 2. The molecule has 2 aliphatic heterocycles. The standard InChI is InChI=1S/C27H36N6O2/c1-27(2,35)20-10-14-33(15-11-20)23-16-22-24(26(34)29-17-28-22)25(31-23)30-21-6-4-18(5-7-21)19-8-12-32(3)13-9-19/h4-7,16-17,19-20,35H,8-15H2,1-3H3,(H,30,31)(H,28,29,34). The van der Waals surface area contributed by atoms with Gasteiger partial charge in [0.25, 0.3) is 5.56 Å². The molecule has 0 amide bonds. The molecule has 2 aliphatic rings. The van der Waals surface area contributed by atoms with Gasteiger partial charge < -0.3 is 25.2 Å². The summed E-state index contributed by atoms with van der Waals surface area (Å²) in [6.45, 7) is 7.66. The average molecular weight is 477 g/mol. The van der Waals surface area contributed by atoms with Crippen LogP contribution >= 0.6 is 0 Å². The molecule has 0 atom stereocenters. The monoisotopic (exact) mass is 476 g/mol. The van der Waals surface area contributed by atoms with Crippen molar-refractivity contribution in [1.82, 2.24) is 19.9 Å². The van der Waals surface area contributed by atoms with Crippen LogP contribution in [0.4, 0.5) is 17.3 Å². The number of nitrogens with zero attached hydrogens (tertiary/aromatic N) is 4. The molecule has 2 saturated heterocycles. The Morgan fingerprint density at radius 2 is 1.74 bits per heavy atom. The van der Waals surface area contributed by atoms with E-state index >= 15 is 0 Å². The topological polar surface area (TPSA) is 97.4 Å². The molecule has 1 aromatic carbocycles. The zero-order valence-corrected chi connectivity index (χ0v) is 20.9. The SMILES string of the molecule is CN1CCC(c2ccc(Nc3nc(N4CCC(C(C)(C)O)CC4)cc4nc[nH]c(=O)c34)cc2)CC1. The van der Waals surface area contributed by atoms with Gasteiger partial charge in [-0.05, 0) is 89.2 Å². The van der Waals surface area contributed by atoms with Crippen molar-refractivity contribution >= 4 is 28.2 Å². The van der Waals surface area contributed by atoms with E-state index in [4.69, 9.17) is 4.98 Å². The summed E-state index contributed by atoms with van der Waals surface area (Å²) < 4.78 is 0. The Labute approximate surface area is 206 Å². The Morgan fingerprint density at radius 3 is 2.40 bits per heavy atom. The number of hydrogen-bond donors (Lipinski definition) is 3. The minimum atomic E-state index is -0.676. The zero-order valence-electron chi connectivity index (χ0n) is 20.9. The van der Waals surface area contributed by atoms with E-state index in [0.717, 1.165) is 50.5 Å². The molecule has 186 valence electrons. The number of aromatic nitrogens is 3. The van der Waals surface area contributed by atoms with Crippen molar-refractivity contribution in [2.45, 2.75) is 51.0 Å². The van der Waals surface area contributed by atoms with Crippen LogP contribution in [0.2, 0.25) is 0 Å². The van der Waals surface area contributed by atoms with Gasteiger partial charge in [0.15, 0.2) is 0 Å². The minimum Gasteiger partial charge on any atom is -0.390 e. The first-order chi connectivity index (χ1) is 16.8. The van der Waals surface area contributed by atoms with Gasteiger partial charge >= 0.3 is 0 Å². The second-order valence-electron chi connectivity index (χ2n) is 10.7. The Balaban J connectivity index is 1.40. The number of benzene rings is 1. The normalized spacial score (nSPS) is 18.8. The summed E-state index contributed by atoms with van der Waals surface area (Å²) in [5, 5.41) is 14.3. The highest BCUT2D eigenvalue weighted by Crippen LogP contribution is 2.33. The van der Waals surface area contributed by atoms with Crippen LogP contribution < -0.4 is 15.8 Å². The molecule has 5 rings (SSSR count). The first-order valence-electron chi connectivity index (χ1n) is 12.7. The van der Waals surface area contributed by atoms with Crippen molar-refractivity contribution in [3.05, 3.63) is 52.6 Å². The Bertz CT molecular complexity index is 1220. The van der Waals surface area contributed by atoms with Crippen LogP contribution in [0.1, 0.15) is 51.0 Å². The number of aromatic amines is 1. The Morgan fingerprint density at radius 1 is 1.06 bits per heavy atom. The highest BCUT2D eigenvalue weighted by atomic mass is 16.3. The fraction of sp³-hybridized carbons (Fsp3) is 0.519. The predicted octanol–water partition coefficient (Wildman–Crippen LogP) is 3.86. The lowest BCUT2D eigenvalue weighted by Crippen LogP contribution is -2.42. The molecule has 4 heterocycles. The molecule has 3 aromatic rings. The molecule has 8 nitrogen and oxygen atoms in total. The van der Waals surface area contributed by atoms with Gasteiger partial charge in [-0.3, -0.25) is 4.79 Å². The van der Waals surface area contributed by atoms with Gasteiger partial charge in [-0.1, -0.05) is 12.1 Å². The van der Waals surface area contributed by atoms with Crippen LogP contribution in [0.5, 0.6) is 0 Å². The molecule has 8 heteroatoms. The molecular formula is C27H36N6O2. The average Bonchev–Trinajstić information content (AvgIpc) is 2.84. The quantitative estimate of drug-likeness (QED) is 0.514. The van der Waals surface area contributed by atoms with Crippen LogP contribution in [0.3, 0.4) is 0 Å². The van der Waals surface area contributed by atoms with Crippen molar-refractivity contribution in [3.8, 4) is 0 Å². The lowest BCUT2D eigenvalue weighted by molar-refractivity contribution is 0.00646. The summed E-state index contributed by atoms with van der Waals surface area (Å²) in [7, 11) is 2.18. The number of fused-ring (bicyclic) bond motifs is 1. The van der Waals surface area contributed by atoms with E-state index in [2.05, 4.69) is 56.4 Å².